The summed E-state index contributed by atoms with van der Waals surface area (Å²) < 4.78 is 4.67. The minimum absolute atomic E-state index is 0.0294. The number of ketones is 1. The zero-order chi connectivity index (χ0) is 10.6. The van der Waals surface area contributed by atoms with Crippen LogP contribution in [0.25, 0.3) is 0 Å². The fraction of sp³-hybridized carbons (Fsp3) is 0.818. The van der Waals surface area contributed by atoms with Gasteiger partial charge in [-0.1, -0.05) is 6.92 Å². The molecular weight excluding hydrogens is 180 g/mol. The maximum Gasteiger partial charge on any atom is 0.308 e. The van der Waals surface area contributed by atoms with Gasteiger partial charge in [-0.3, -0.25) is 9.59 Å². The van der Waals surface area contributed by atoms with Gasteiger partial charge in [-0.05, 0) is 25.2 Å². The van der Waals surface area contributed by atoms with Crippen molar-refractivity contribution in [2.75, 3.05) is 7.11 Å². The van der Waals surface area contributed by atoms with Gasteiger partial charge in [-0.2, -0.15) is 0 Å². The first-order valence-corrected chi connectivity index (χ1v) is 5.23. The van der Waals surface area contributed by atoms with Crippen molar-refractivity contribution in [1.82, 2.24) is 0 Å². The van der Waals surface area contributed by atoms with Crippen molar-refractivity contribution >= 4 is 11.8 Å². The van der Waals surface area contributed by atoms with E-state index in [4.69, 9.17) is 0 Å². The molecule has 0 heterocycles. The van der Waals surface area contributed by atoms with Crippen LogP contribution >= 0.6 is 0 Å². The van der Waals surface area contributed by atoms with Crippen LogP contribution in [0.5, 0.6) is 0 Å². The molecule has 1 atom stereocenters. The van der Waals surface area contributed by atoms with Crippen molar-refractivity contribution in [2.45, 2.75) is 39.0 Å². The van der Waals surface area contributed by atoms with Crippen molar-refractivity contribution in [3.63, 3.8) is 0 Å². The molecule has 1 aliphatic carbocycles. The highest BCUT2D eigenvalue weighted by Gasteiger charge is 2.23. The summed E-state index contributed by atoms with van der Waals surface area (Å²) in [7, 11) is 1.42. The highest BCUT2D eigenvalue weighted by Crippen LogP contribution is 2.27. The van der Waals surface area contributed by atoms with Crippen LogP contribution in [0.2, 0.25) is 0 Å². The first-order chi connectivity index (χ1) is 6.63. The molecule has 0 spiro atoms. The lowest BCUT2D eigenvalue weighted by Crippen LogP contribution is -2.20. The maximum atomic E-state index is 11.2. The summed E-state index contributed by atoms with van der Waals surface area (Å²) in [5, 5.41) is 0. The Labute approximate surface area is 84.8 Å². The molecule has 0 N–H and O–H groups in total. The van der Waals surface area contributed by atoms with E-state index in [0.29, 0.717) is 24.5 Å². The van der Waals surface area contributed by atoms with Gasteiger partial charge in [0.1, 0.15) is 5.78 Å². The number of rotatable bonds is 3. The summed E-state index contributed by atoms with van der Waals surface area (Å²) in [4.78, 5) is 22.2. The number of ether oxygens (including phenoxy) is 1. The monoisotopic (exact) mass is 198 g/mol. The molecule has 0 unspecified atom stereocenters. The lowest BCUT2D eigenvalue weighted by atomic mass is 9.83. The molecule has 0 aromatic carbocycles. The molecule has 1 saturated carbocycles. The van der Waals surface area contributed by atoms with Crippen molar-refractivity contribution in [1.29, 1.82) is 0 Å². The van der Waals surface area contributed by atoms with Crippen molar-refractivity contribution in [3.05, 3.63) is 0 Å². The van der Waals surface area contributed by atoms with Crippen LogP contribution in [0.15, 0.2) is 0 Å². The van der Waals surface area contributed by atoms with Gasteiger partial charge in [0.2, 0.25) is 0 Å². The van der Waals surface area contributed by atoms with Gasteiger partial charge in [0.25, 0.3) is 0 Å². The summed E-state index contributed by atoms with van der Waals surface area (Å²) in [6.45, 7) is 1.89. The SMILES string of the molecule is COC(=O)[C@@H](C)CC1CCC(=O)CC1. The van der Waals surface area contributed by atoms with Crippen LogP contribution in [-0.2, 0) is 14.3 Å². The molecule has 3 nitrogen and oxygen atoms in total. The Balaban J connectivity index is 2.30. The van der Waals surface area contributed by atoms with Crippen molar-refractivity contribution in [3.8, 4) is 0 Å². The molecule has 0 aromatic heterocycles. The Bertz CT molecular complexity index is 213. The molecule has 14 heavy (non-hydrogen) atoms. The molecule has 1 aliphatic rings. The molecule has 3 heteroatoms. The standard InChI is InChI=1S/C11H18O3/c1-8(11(13)14-2)7-9-3-5-10(12)6-4-9/h8-9H,3-7H2,1-2H3/t8-/m0/s1. The normalized spacial score (nSPS) is 20.6. The number of carbonyl (C=O) groups is 2. The summed E-state index contributed by atoms with van der Waals surface area (Å²) in [6, 6.07) is 0. The fourth-order valence-electron chi connectivity index (χ4n) is 2.03. The third kappa shape index (κ3) is 3.13. The molecule has 0 bridgehead atoms. The van der Waals surface area contributed by atoms with Crippen molar-refractivity contribution < 1.29 is 14.3 Å². The number of esters is 1. The minimum Gasteiger partial charge on any atom is -0.469 e. The lowest BCUT2D eigenvalue weighted by molar-refractivity contribution is -0.145. The van der Waals surface area contributed by atoms with E-state index in [1.165, 1.54) is 7.11 Å². The third-order valence-electron chi connectivity index (χ3n) is 2.95. The topological polar surface area (TPSA) is 43.4 Å². The van der Waals surface area contributed by atoms with Crippen LogP contribution < -0.4 is 0 Å². The first kappa shape index (κ1) is 11.2. The second-order valence-electron chi connectivity index (χ2n) is 4.14. The molecule has 1 rings (SSSR count). The number of methoxy groups -OCH3 is 1. The first-order valence-electron chi connectivity index (χ1n) is 5.23. The Morgan fingerprint density at radius 1 is 1.50 bits per heavy atom. The highest BCUT2D eigenvalue weighted by atomic mass is 16.5. The smallest absolute Gasteiger partial charge is 0.308 e. The molecule has 0 saturated heterocycles. The van der Waals surface area contributed by atoms with Gasteiger partial charge in [-0.15, -0.1) is 0 Å². The second-order valence-corrected chi connectivity index (χ2v) is 4.14. The highest BCUT2D eigenvalue weighted by molar-refractivity contribution is 5.79. The molecule has 80 valence electrons. The second kappa shape index (κ2) is 5.13. The van der Waals surface area contributed by atoms with Crippen molar-refractivity contribution in [2.24, 2.45) is 11.8 Å². The summed E-state index contributed by atoms with van der Waals surface area (Å²) in [5.41, 5.74) is 0. The predicted octanol–water partition coefficient (Wildman–Crippen LogP) is 1.94. The maximum absolute atomic E-state index is 11.2. The third-order valence-corrected chi connectivity index (χ3v) is 2.95. The van der Waals surface area contributed by atoms with E-state index in [2.05, 4.69) is 4.74 Å². The van der Waals surface area contributed by atoms with Crippen LogP contribution in [0.4, 0.5) is 0 Å². The summed E-state index contributed by atoms with van der Waals surface area (Å²) in [5.74, 6) is 0.730. The minimum atomic E-state index is -0.137. The molecule has 0 aliphatic heterocycles. The van der Waals surface area contributed by atoms with Crippen LogP contribution in [0.3, 0.4) is 0 Å². The predicted molar refractivity (Wildman–Crippen MR) is 52.8 cm³/mol. The van der Waals surface area contributed by atoms with E-state index in [9.17, 15) is 9.59 Å². The molecule has 1 fully saturated rings. The quantitative estimate of drug-likeness (QED) is 0.651. The van der Waals surface area contributed by atoms with E-state index < -0.39 is 0 Å². The number of hydrogen-bond acceptors (Lipinski definition) is 3. The van der Waals surface area contributed by atoms with Crippen LogP contribution in [0.1, 0.15) is 39.0 Å². The van der Waals surface area contributed by atoms with Crippen LogP contribution in [0, 0.1) is 11.8 Å². The Kier molecular flexibility index (Phi) is 4.11. The van der Waals surface area contributed by atoms with E-state index >= 15 is 0 Å². The van der Waals surface area contributed by atoms with E-state index in [0.717, 1.165) is 19.3 Å². The zero-order valence-electron chi connectivity index (χ0n) is 8.91. The molecule has 0 amide bonds. The Hall–Kier alpha value is -0.860. The molecule has 0 radical (unpaired) electrons. The number of Topliss-reactive ketones (excluding diaryl/α,β-unsaturated/α-hetero) is 1. The zero-order valence-corrected chi connectivity index (χ0v) is 8.91. The molecule has 0 aromatic rings. The average molecular weight is 198 g/mol. The Morgan fingerprint density at radius 3 is 2.57 bits per heavy atom. The average Bonchev–Trinajstić information content (AvgIpc) is 2.20. The van der Waals surface area contributed by atoms with Gasteiger partial charge in [0.15, 0.2) is 0 Å². The van der Waals surface area contributed by atoms with Gasteiger partial charge in [0, 0.05) is 12.8 Å². The molecular formula is C11H18O3. The summed E-state index contributed by atoms with van der Waals surface area (Å²) >= 11 is 0. The largest absolute Gasteiger partial charge is 0.469 e. The van der Waals surface area contributed by atoms with Gasteiger partial charge >= 0.3 is 5.97 Å². The summed E-state index contributed by atoms with van der Waals surface area (Å²) in [6.07, 6.45) is 4.14. The van der Waals surface area contributed by atoms with E-state index in [-0.39, 0.29) is 11.9 Å². The van der Waals surface area contributed by atoms with E-state index in [1.54, 1.807) is 0 Å². The van der Waals surface area contributed by atoms with Crippen LogP contribution in [-0.4, -0.2) is 18.9 Å². The van der Waals surface area contributed by atoms with E-state index in [1.807, 2.05) is 6.92 Å². The Morgan fingerprint density at radius 2 is 2.07 bits per heavy atom. The van der Waals surface area contributed by atoms with Gasteiger partial charge in [-0.25, -0.2) is 0 Å². The lowest BCUT2D eigenvalue weighted by Gasteiger charge is -2.22. The fourth-order valence-corrected chi connectivity index (χ4v) is 2.03. The van der Waals surface area contributed by atoms with Gasteiger partial charge < -0.3 is 4.74 Å². The number of hydrogen-bond donors (Lipinski definition) is 0. The number of carbonyl (C=O) groups excluding carboxylic acids is 2. The van der Waals surface area contributed by atoms with Gasteiger partial charge in [0.05, 0.1) is 13.0 Å².